The summed E-state index contributed by atoms with van der Waals surface area (Å²) in [5, 5.41) is 0.319. The van der Waals surface area contributed by atoms with Crippen molar-refractivity contribution in [3.8, 4) is 0 Å². The third-order valence-corrected chi connectivity index (χ3v) is 4.98. The molecule has 1 aliphatic carbocycles. The summed E-state index contributed by atoms with van der Waals surface area (Å²) >= 11 is 18.2. The molecule has 0 saturated carbocycles. The van der Waals surface area contributed by atoms with Crippen LogP contribution in [0.4, 0.5) is 0 Å². The minimum atomic E-state index is -0.980. The maximum absolute atomic E-state index is 12.6. The van der Waals surface area contributed by atoms with E-state index in [0.717, 1.165) is 0 Å². The Labute approximate surface area is 135 Å². The predicted molar refractivity (Wildman–Crippen MR) is 81.8 cm³/mol. The Morgan fingerprint density at radius 1 is 0.952 bits per heavy atom. The summed E-state index contributed by atoms with van der Waals surface area (Å²) in [6.45, 7) is 1.65. The van der Waals surface area contributed by atoms with Crippen molar-refractivity contribution < 1.29 is 9.59 Å². The number of rotatable bonds is 1. The monoisotopic (exact) mass is 339 g/mol. The van der Waals surface area contributed by atoms with Crippen LogP contribution >= 0.6 is 34.8 Å². The summed E-state index contributed by atoms with van der Waals surface area (Å²) in [4.78, 5) is 29.3. The SMILES string of the molecule is Cc1c(Cl)c(Cl)c(Cl)c2c1C(=O)C(c1ccccn1)C2=O. The Hall–Kier alpha value is -1.42. The molecule has 0 bridgehead atoms. The highest BCUT2D eigenvalue weighted by Gasteiger charge is 2.44. The zero-order valence-electron chi connectivity index (χ0n) is 10.8. The number of nitrogens with zero attached hydrogens (tertiary/aromatic N) is 1. The number of benzene rings is 1. The van der Waals surface area contributed by atoms with Crippen LogP contribution in [0.2, 0.25) is 15.1 Å². The van der Waals surface area contributed by atoms with Gasteiger partial charge in [-0.05, 0) is 24.6 Å². The van der Waals surface area contributed by atoms with Gasteiger partial charge in [0.25, 0.3) is 0 Å². The number of fused-ring (bicyclic) bond motifs is 1. The van der Waals surface area contributed by atoms with Gasteiger partial charge in [-0.15, -0.1) is 0 Å². The Morgan fingerprint density at radius 3 is 2.24 bits per heavy atom. The van der Waals surface area contributed by atoms with Crippen LogP contribution in [0.15, 0.2) is 24.4 Å². The molecule has 3 rings (SSSR count). The van der Waals surface area contributed by atoms with Gasteiger partial charge in [0.15, 0.2) is 11.6 Å². The third kappa shape index (κ3) is 2.00. The van der Waals surface area contributed by atoms with Crippen LogP contribution in [0.25, 0.3) is 0 Å². The molecule has 3 nitrogen and oxygen atoms in total. The van der Waals surface area contributed by atoms with E-state index in [1.807, 2.05) is 0 Å². The maximum Gasteiger partial charge on any atom is 0.182 e. The quantitative estimate of drug-likeness (QED) is 0.566. The van der Waals surface area contributed by atoms with Crippen molar-refractivity contribution >= 4 is 46.4 Å². The fraction of sp³-hybridized carbons (Fsp3) is 0.133. The highest BCUT2D eigenvalue weighted by atomic mass is 35.5. The average Bonchev–Trinajstić information content (AvgIpc) is 2.75. The second-order valence-electron chi connectivity index (χ2n) is 4.73. The molecular formula is C15H8Cl3NO2. The van der Waals surface area contributed by atoms with Crippen LogP contribution in [-0.2, 0) is 0 Å². The van der Waals surface area contributed by atoms with Crippen molar-refractivity contribution in [3.05, 3.63) is 61.8 Å². The number of halogens is 3. The second kappa shape index (κ2) is 5.09. The molecule has 106 valence electrons. The molecule has 1 aromatic carbocycles. The van der Waals surface area contributed by atoms with E-state index < -0.39 is 5.92 Å². The zero-order valence-corrected chi connectivity index (χ0v) is 13.1. The first-order chi connectivity index (χ1) is 9.95. The van der Waals surface area contributed by atoms with Crippen molar-refractivity contribution in [2.75, 3.05) is 0 Å². The average molecular weight is 341 g/mol. The number of hydrogen-bond acceptors (Lipinski definition) is 3. The molecule has 21 heavy (non-hydrogen) atoms. The Morgan fingerprint density at radius 2 is 1.62 bits per heavy atom. The lowest BCUT2D eigenvalue weighted by Gasteiger charge is -2.08. The lowest BCUT2D eigenvalue weighted by atomic mass is 9.98. The first-order valence-electron chi connectivity index (χ1n) is 6.11. The van der Waals surface area contributed by atoms with Crippen molar-refractivity contribution in [1.82, 2.24) is 4.98 Å². The summed E-state index contributed by atoms with van der Waals surface area (Å²) in [5.74, 6) is -1.71. The maximum atomic E-state index is 12.6. The van der Waals surface area contributed by atoms with Crippen molar-refractivity contribution in [2.24, 2.45) is 0 Å². The van der Waals surface area contributed by atoms with E-state index in [9.17, 15) is 9.59 Å². The summed E-state index contributed by atoms with van der Waals surface area (Å²) in [5.41, 5.74) is 1.25. The molecule has 0 N–H and O–H groups in total. The van der Waals surface area contributed by atoms with E-state index in [4.69, 9.17) is 34.8 Å². The van der Waals surface area contributed by atoms with Crippen molar-refractivity contribution in [3.63, 3.8) is 0 Å². The van der Waals surface area contributed by atoms with Gasteiger partial charge < -0.3 is 0 Å². The molecule has 0 radical (unpaired) electrons. The number of aromatic nitrogens is 1. The molecule has 0 spiro atoms. The minimum absolute atomic E-state index is 0.0269. The van der Waals surface area contributed by atoms with E-state index in [-0.39, 0.29) is 37.8 Å². The summed E-state index contributed by atoms with van der Waals surface area (Å²) < 4.78 is 0. The van der Waals surface area contributed by atoms with Gasteiger partial charge in [0.1, 0.15) is 5.92 Å². The minimum Gasteiger partial charge on any atom is -0.293 e. The molecular weight excluding hydrogens is 333 g/mol. The molecule has 1 aliphatic rings. The number of carbonyl (C=O) groups is 2. The normalized spacial score (nSPS) is 17.2. The fourth-order valence-corrected chi connectivity index (χ4v) is 3.30. The van der Waals surface area contributed by atoms with Gasteiger partial charge in [-0.1, -0.05) is 40.9 Å². The van der Waals surface area contributed by atoms with Gasteiger partial charge in [-0.3, -0.25) is 14.6 Å². The van der Waals surface area contributed by atoms with Gasteiger partial charge in [0.2, 0.25) is 0 Å². The van der Waals surface area contributed by atoms with E-state index in [1.165, 1.54) is 6.20 Å². The number of Topliss-reactive ketones (excluding diaryl/α,β-unsaturated/α-hetero) is 2. The predicted octanol–water partition coefficient (Wildman–Crippen LogP) is 4.51. The van der Waals surface area contributed by atoms with Gasteiger partial charge in [-0.25, -0.2) is 0 Å². The molecule has 1 unspecified atom stereocenters. The Bertz CT molecular complexity index is 740. The highest BCUT2D eigenvalue weighted by Crippen LogP contribution is 2.45. The highest BCUT2D eigenvalue weighted by molar-refractivity contribution is 6.51. The molecule has 0 amide bonds. The molecule has 1 heterocycles. The van der Waals surface area contributed by atoms with Gasteiger partial charge in [0, 0.05) is 11.8 Å². The van der Waals surface area contributed by atoms with Gasteiger partial charge >= 0.3 is 0 Å². The smallest absolute Gasteiger partial charge is 0.182 e. The number of hydrogen-bond donors (Lipinski definition) is 0. The van der Waals surface area contributed by atoms with Crippen LogP contribution < -0.4 is 0 Å². The molecule has 1 atom stereocenters. The van der Waals surface area contributed by atoms with Crippen LogP contribution in [0.3, 0.4) is 0 Å². The standard InChI is InChI=1S/C15H8Cl3NO2/c1-6-8-10(12(17)13(18)11(6)16)15(21)9(14(8)20)7-4-2-3-5-19-7/h2-5,9H,1H3. The Kier molecular flexibility index (Phi) is 3.52. The van der Waals surface area contributed by atoms with Crippen molar-refractivity contribution in [1.29, 1.82) is 0 Å². The molecule has 0 aliphatic heterocycles. The largest absolute Gasteiger partial charge is 0.293 e. The number of ketones is 2. The number of carbonyl (C=O) groups excluding carboxylic acids is 2. The van der Waals surface area contributed by atoms with Gasteiger partial charge in [0.05, 0.1) is 26.3 Å². The van der Waals surface area contributed by atoms with E-state index in [1.54, 1.807) is 25.1 Å². The van der Waals surface area contributed by atoms with Crippen LogP contribution in [0, 0.1) is 6.92 Å². The van der Waals surface area contributed by atoms with Crippen LogP contribution in [0.1, 0.15) is 37.9 Å². The van der Waals surface area contributed by atoms with Crippen molar-refractivity contribution in [2.45, 2.75) is 12.8 Å². The van der Waals surface area contributed by atoms with Crippen LogP contribution in [0.5, 0.6) is 0 Å². The van der Waals surface area contributed by atoms with E-state index >= 15 is 0 Å². The fourth-order valence-electron chi connectivity index (χ4n) is 2.54. The summed E-state index contributed by atoms with van der Waals surface area (Å²) in [7, 11) is 0. The first-order valence-corrected chi connectivity index (χ1v) is 7.25. The molecule has 6 heteroatoms. The van der Waals surface area contributed by atoms with Crippen LogP contribution in [-0.4, -0.2) is 16.6 Å². The molecule has 0 fully saturated rings. The summed E-state index contributed by atoms with van der Waals surface area (Å²) in [6, 6.07) is 5.08. The third-order valence-electron chi connectivity index (χ3n) is 3.56. The first kappa shape index (κ1) is 14.5. The number of pyridine rings is 1. The molecule has 2 aromatic rings. The molecule has 1 aromatic heterocycles. The van der Waals surface area contributed by atoms with E-state index in [2.05, 4.69) is 4.98 Å². The zero-order chi connectivity index (χ0) is 15.3. The lowest BCUT2D eigenvalue weighted by Crippen LogP contribution is -2.14. The molecule has 0 saturated heterocycles. The Balaban J connectivity index is 2.27. The topological polar surface area (TPSA) is 47.0 Å². The summed E-state index contributed by atoms with van der Waals surface area (Å²) in [6.07, 6.45) is 1.54. The van der Waals surface area contributed by atoms with Gasteiger partial charge in [-0.2, -0.15) is 0 Å². The van der Waals surface area contributed by atoms with E-state index in [0.29, 0.717) is 11.3 Å². The second-order valence-corrected chi connectivity index (χ2v) is 5.87. The lowest BCUT2D eigenvalue weighted by molar-refractivity contribution is 0.0888.